The molecule has 0 spiro atoms. The van der Waals surface area contributed by atoms with Crippen LogP contribution >= 0.6 is 39.3 Å². The highest BCUT2D eigenvalue weighted by atomic mass is 79.9. The van der Waals surface area contributed by atoms with Crippen molar-refractivity contribution >= 4 is 50.9 Å². The van der Waals surface area contributed by atoms with E-state index < -0.39 is 0 Å². The summed E-state index contributed by atoms with van der Waals surface area (Å²) in [5.74, 6) is 0.770. The SMILES string of the molecule is CCSc1ccc(Cl)cc1CNC(=O)c1cc(C)c(Br)cc1N. The number of halogens is 2. The summed E-state index contributed by atoms with van der Waals surface area (Å²) in [6, 6.07) is 9.27. The lowest BCUT2D eigenvalue weighted by atomic mass is 10.1. The van der Waals surface area contributed by atoms with Gasteiger partial charge < -0.3 is 11.1 Å². The van der Waals surface area contributed by atoms with Crippen molar-refractivity contribution in [1.29, 1.82) is 0 Å². The standard InChI is InChI=1S/C17H18BrClN2OS/c1-3-23-16-5-4-12(19)7-11(16)9-21-17(22)13-6-10(2)14(18)8-15(13)20/h4-8H,3,9,20H2,1-2H3,(H,21,22). The highest BCUT2D eigenvalue weighted by molar-refractivity contribution is 9.10. The largest absolute Gasteiger partial charge is 0.398 e. The molecule has 0 heterocycles. The van der Waals surface area contributed by atoms with Crippen LogP contribution < -0.4 is 11.1 Å². The van der Waals surface area contributed by atoms with E-state index in [1.54, 1.807) is 23.9 Å². The van der Waals surface area contributed by atoms with E-state index in [4.69, 9.17) is 17.3 Å². The average Bonchev–Trinajstić information content (AvgIpc) is 2.51. The van der Waals surface area contributed by atoms with Gasteiger partial charge in [-0.25, -0.2) is 0 Å². The first-order valence-corrected chi connectivity index (χ1v) is 9.33. The smallest absolute Gasteiger partial charge is 0.253 e. The number of carbonyl (C=O) groups is 1. The molecule has 0 aliphatic carbocycles. The van der Waals surface area contributed by atoms with Gasteiger partial charge in [0.05, 0.1) is 5.56 Å². The Kier molecular flexibility index (Phi) is 6.39. The fourth-order valence-electron chi connectivity index (χ4n) is 2.15. The van der Waals surface area contributed by atoms with Crippen LogP contribution in [0.2, 0.25) is 5.02 Å². The van der Waals surface area contributed by atoms with Gasteiger partial charge in [-0.15, -0.1) is 11.8 Å². The summed E-state index contributed by atoms with van der Waals surface area (Å²) < 4.78 is 0.892. The second-order valence-corrected chi connectivity index (χ2v) is 7.65. The second-order valence-electron chi connectivity index (χ2n) is 5.06. The van der Waals surface area contributed by atoms with Gasteiger partial charge in [0.15, 0.2) is 0 Å². The number of nitrogens with one attached hydrogen (secondary N) is 1. The molecule has 2 rings (SSSR count). The number of benzene rings is 2. The average molecular weight is 414 g/mol. The third-order valence-corrected chi connectivity index (χ3v) is 5.42. The van der Waals surface area contributed by atoms with Crippen LogP contribution in [0.15, 0.2) is 39.7 Å². The monoisotopic (exact) mass is 412 g/mol. The van der Waals surface area contributed by atoms with Gasteiger partial charge in [0, 0.05) is 26.6 Å². The van der Waals surface area contributed by atoms with Gasteiger partial charge in [0.25, 0.3) is 5.91 Å². The Morgan fingerprint density at radius 2 is 2.09 bits per heavy atom. The number of hydrogen-bond acceptors (Lipinski definition) is 3. The molecule has 0 atom stereocenters. The molecule has 6 heteroatoms. The second kappa shape index (κ2) is 8.08. The lowest BCUT2D eigenvalue weighted by Crippen LogP contribution is -2.24. The molecule has 0 aromatic heterocycles. The van der Waals surface area contributed by atoms with E-state index in [-0.39, 0.29) is 5.91 Å². The van der Waals surface area contributed by atoms with E-state index in [9.17, 15) is 4.79 Å². The summed E-state index contributed by atoms with van der Waals surface area (Å²) in [5, 5.41) is 3.58. The molecule has 1 amide bonds. The molecule has 0 aliphatic rings. The first-order chi connectivity index (χ1) is 10.9. The van der Waals surface area contributed by atoms with Crippen molar-refractivity contribution in [3.63, 3.8) is 0 Å². The van der Waals surface area contributed by atoms with Crippen LogP contribution in [-0.2, 0) is 6.54 Å². The van der Waals surface area contributed by atoms with Crippen molar-refractivity contribution in [2.75, 3.05) is 11.5 Å². The first kappa shape index (κ1) is 18.2. The third kappa shape index (κ3) is 4.66. The van der Waals surface area contributed by atoms with E-state index in [2.05, 4.69) is 28.2 Å². The molecule has 0 saturated carbocycles. The lowest BCUT2D eigenvalue weighted by Gasteiger charge is -2.12. The number of carbonyl (C=O) groups excluding carboxylic acids is 1. The zero-order chi connectivity index (χ0) is 17.0. The maximum atomic E-state index is 12.4. The molecular formula is C17H18BrClN2OS. The zero-order valence-electron chi connectivity index (χ0n) is 13.0. The van der Waals surface area contributed by atoms with Crippen molar-refractivity contribution in [2.24, 2.45) is 0 Å². The van der Waals surface area contributed by atoms with E-state index in [1.165, 1.54) is 0 Å². The summed E-state index contributed by atoms with van der Waals surface area (Å²) in [6.45, 7) is 4.43. The maximum absolute atomic E-state index is 12.4. The summed E-state index contributed by atoms with van der Waals surface area (Å²) in [6.07, 6.45) is 0. The molecular weight excluding hydrogens is 396 g/mol. The first-order valence-electron chi connectivity index (χ1n) is 7.17. The number of aryl methyl sites for hydroxylation is 1. The molecule has 23 heavy (non-hydrogen) atoms. The Labute approximate surface area is 154 Å². The van der Waals surface area contributed by atoms with Gasteiger partial charge in [-0.05, 0) is 54.1 Å². The molecule has 0 unspecified atom stereocenters. The summed E-state index contributed by atoms with van der Waals surface area (Å²) in [5.41, 5.74) is 8.85. The molecule has 0 bridgehead atoms. The Morgan fingerprint density at radius 3 is 2.78 bits per heavy atom. The topological polar surface area (TPSA) is 55.1 Å². The number of hydrogen-bond donors (Lipinski definition) is 2. The van der Waals surface area contributed by atoms with Gasteiger partial charge in [-0.1, -0.05) is 34.5 Å². The Morgan fingerprint density at radius 1 is 1.35 bits per heavy atom. The molecule has 122 valence electrons. The molecule has 2 aromatic rings. The van der Waals surface area contributed by atoms with Crippen LogP contribution in [0, 0.1) is 6.92 Å². The van der Waals surface area contributed by atoms with Crippen molar-refractivity contribution in [3.8, 4) is 0 Å². The van der Waals surface area contributed by atoms with Crippen LogP contribution in [0.1, 0.15) is 28.4 Å². The number of thioether (sulfide) groups is 1. The van der Waals surface area contributed by atoms with Crippen molar-refractivity contribution < 1.29 is 4.79 Å². The fourth-order valence-corrected chi connectivity index (χ4v) is 3.49. The van der Waals surface area contributed by atoms with Crippen LogP contribution in [0.3, 0.4) is 0 Å². The van der Waals surface area contributed by atoms with Gasteiger partial charge in [0.2, 0.25) is 0 Å². The number of amides is 1. The quantitative estimate of drug-likeness (QED) is 0.533. The van der Waals surface area contributed by atoms with Gasteiger partial charge in [-0.3, -0.25) is 4.79 Å². The Balaban J connectivity index is 2.16. The van der Waals surface area contributed by atoms with Gasteiger partial charge in [0.1, 0.15) is 0 Å². The summed E-state index contributed by atoms with van der Waals surface area (Å²) in [4.78, 5) is 13.5. The minimum absolute atomic E-state index is 0.189. The molecule has 0 fully saturated rings. The fraction of sp³-hybridized carbons (Fsp3) is 0.235. The predicted octanol–water partition coefficient (Wildman–Crippen LogP) is 5.04. The molecule has 2 aromatic carbocycles. The summed E-state index contributed by atoms with van der Waals surface area (Å²) >= 11 is 11.2. The van der Waals surface area contributed by atoms with Gasteiger partial charge in [-0.2, -0.15) is 0 Å². The zero-order valence-corrected chi connectivity index (χ0v) is 16.1. The van der Waals surface area contributed by atoms with E-state index >= 15 is 0 Å². The van der Waals surface area contributed by atoms with Crippen LogP contribution in [-0.4, -0.2) is 11.7 Å². The van der Waals surface area contributed by atoms with Gasteiger partial charge >= 0.3 is 0 Å². The van der Waals surface area contributed by atoms with Crippen molar-refractivity contribution in [2.45, 2.75) is 25.3 Å². The minimum atomic E-state index is -0.189. The maximum Gasteiger partial charge on any atom is 0.253 e. The van der Waals surface area contributed by atoms with E-state index in [1.807, 2.05) is 25.1 Å². The normalized spacial score (nSPS) is 10.6. The molecule has 3 N–H and O–H groups in total. The van der Waals surface area contributed by atoms with Crippen molar-refractivity contribution in [3.05, 3.63) is 56.5 Å². The third-order valence-electron chi connectivity index (χ3n) is 3.34. The van der Waals surface area contributed by atoms with Crippen molar-refractivity contribution in [1.82, 2.24) is 5.32 Å². The highest BCUT2D eigenvalue weighted by Crippen LogP contribution is 2.26. The predicted molar refractivity (Wildman–Crippen MR) is 102 cm³/mol. The highest BCUT2D eigenvalue weighted by Gasteiger charge is 2.13. The number of nitrogen functional groups attached to an aromatic ring is 1. The Bertz CT molecular complexity index is 737. The lowest BCUT2D eigenvalue weighted by molar-refractivity contribution is 0.0951. The minimum Gasteiger partial charge on any atom is -0.398 e. The molecule has 0 saturated heterocycles. The number of anilines is 1. The molecule has 3 nitrogen and oxygen atoms in total. The van der Waals surface area contributed by atoms with E-state index in [0.29, 0.717) is 22.8 Å². The van der Waals surface area contributed by atoms with E-state index in [0.717, 1.165) is 26.2 Å². The summed E-state index contributed by atoms with van der Waals surface area (Å²) in [7, 11) is 0. The Hall–Kier alpha value is -1.17. The van der Waals surface area contributed by atoms with Crippen LogP contribution in [0.4, 0.5) is 5.69 Å². The number of rotatable bonds is 5. The van der Waals surface area contributed by atoms with Crippen LogP contribution in [0.25, 0.3) is 0 Å². The number of nitrogens with two attached hydrogens (primary N) is 1. The van der Waals surface area contributed by atoms with Crippen LogP contribution in [0.5, 0.6) is 0 Å². The molecule has 0 radical (unpaired) electrons. The molecule has 0 aliphatic heterocycles.